The second kappa shape index (κ2) is 10.7. The lowest BCUT2D eigenvalue weighted by Crippen LogP contribution is -2.06. The molecule has 0 unspecified atom stereocenters. The number of carbonyl (C=O) groups excluding carboxylic acids is 2. The zero-order valence-corrected chi connectivity index (χ0v) is 14.9. The summed E-state index contributed by atoms with van der Waals surface area (Å²) in [6, 6.07) is 4.83. The predicted molar refractivity (Wildman–Crippen MR) is 92.9 cm³/mol. The molecule has 0 aliphatic rings. The van der Waals surface area contributed by atoms with Crippen LogP contribution in [-0.4, -0.2) is 31.5 Å². The van der Waals surface area contributed by atoms with Gasteiger partial charge in [-0.05, 0) is 62.4 Å². The minimum absolute atomic E-state index is 0.343. The van der Waals surface area contributed by atoms with E-state index in [1.807, 2.05) is 0 Å². The Labute approximate surface area is 147 Å². The Kier molecular flexibility index (Phi) is 8.94. The molecule has 0 N–H and O–H groups in total. The monoisotopic (exact) mass is 354 g/mol. The fraction of sp³-hybridized carbons (Fsp3) is 0.444. The number of hydrogen-bond acceptors (Lipinski definition) is 5. The first kappa shape index (κ1) is 20.0. The second-order valence-electron chi connectivity index (χ2n) is 5.32. The summed E-state index contributed by atoms with van der Waals surface area (Å²) < 4.78 is 15.9. The Bertz CT molecular complexity index is 583. The van der Waals surface area contributed by atoms with Crippen LogP contribution in [0.5, 0.6) is 11.5 Å². The molecule has 1 aromatic carbocycles. The van der Waals surface area contributed by atoms with Gasteiger partial charge >= 0.3 is 5.97 Å². The third-order valence-corrected chi connectivity index (χ3v) is 3.49. The van der Waals surface area contributed by atoms with Gasteiger partial charge in [0.1, 0.15) is 0 Å². The number of ether oxygens (including phenoxy) is 3. The molecule has 1 aromatic rings. The number of halogens is 1. The number of esters is 1. The summed E-state index contributed by atoms with van der Waals surface area (Å²) in [5.41, 5.74) is 0.782. The highest BCUT2D eigenvalue weighted by molar-refractivity contribution is 6.67. The van der Waals surface area contributed by atoms with Crippen LogP contribution in [0, 0.1) is 0 Å². The maximum absolute atomic E-state index is 11.2. The summed E-state index contributed by atoms with van der Waals surface area (Å²) in [6.45, 7) is 6.10. The number of methoxy groups -OCH3 is 1. The zero-order chi connectivity index (χ0) is 17.9. The number of benzene rings is 1. The van der Waals surface area contributed by atoms with E-state index in [-0.39, 0.29) is 5.97 Å². The van der Waals surface area contributed by atoms with Crippen molar-refractivity contribution in [2.45, 2.75) is 32.6 Å². The summed E-state index contributed by atoms with van der Waals surface area (Å²) in [5.74, 6) is 0.715. The zero-order valence-electron chi connectivity index (χ0n) is 14.1. The van der Waals surface area contributed by atoms with Crippen molar-refractivity contribution >= 4 is 22.8 Å². The van der Waals surface area contributed by atoms with Crippen LogP contribution in [0.15, 0.2) is 30.4 Å². The quantitative estimate of drug-likeness (QED) is 0.259. The van der Waals surface area contributed by atoms with Crippen molar-refractivity contribution in [2.24, 2.45) is 0 Å². The number of rotatable bonds is 11. The topological polar surface area (TPSA) is 61.8 Å². The first-order valence-electron chi connectivity index (χ1n) is 7.79. The normalized spacial score (nSPS) is 10.1. The lowest BCUT2D eigenvalue weighted by molar-refractivity contribution is -0.139. The van der Waals surface area contributed by atoms with Gasteiger partial charge in [-0.25, -0.2) is 4.79 Å². The predicted octanol–water partition coefficient (Wildman–Crippen LogP) is 4.13. The van der Waals surface area contributed by atoms with Gasteiger partial charge in [0.2, 0.25) is 0 Å². The molecule has 0 saturated heterocycles. The van der Waals surface area contributed by atoms with Crippen LogP contribution in [0.2, 0.25) is 0 Å². The van der Waals surface area contributed by atoms with Crippen molar-refractivity contribution in [1.82, 2.24) is 0 Å². The van der Waals surface area contributed by atoms with Gasteiger partial charge in [-0.1, -0.05) is 6.58 Å². The highest BCUT2D eigenvalue weighted by atomic mass is 35.5. The molecule has 0 atom stereocenters. The molecule has 5 nitrogen and oxygen atoms in total. The van der Waals surface area contributed by atoms with Crippen molar-refractivity contribution in [3.8, 4) is 11.5 Å². The van der Waals surface area contributed by atoms with Crippen molar-refractivity contribution in [3.63, 3.8) is 0 Å². The number of unbranched alkanes of at least 4 members (excludes halogenated alkanes) is 3. The number of carbonyl (C=O) groups is 2. The Morgan fingerprint density at radius 2 is 1.75 bits per heavy atom. The van der Waals surface area contributed by atoms with E-state index in [9.17, 15) is 9.59 Å². The third-order valence-electron chi connectivity index (χ3n) is 3.27. The molecular weight excluding hydrogens is 332 g/mol. The Morgan fingerprint density at radius 3 is 2.33 bits per heavy atom. The Balaban J connectivity index is 2.22. The Hall–Kier alpha value is -2.01. The van der Waals surface area contributed by atoms with Crippen LogP contribution in [0.25, 0.3) is 0 Å². The van der Waals surface area contributed by atoms with Crippen LogP contribution in [-0.2, 0) is 9.53 Å². The number of hydrogen-bond donors (Lipinski definition) is 0. The molecule has 0 aliphatic carbocycles. The van der Waals surface area contributed by atoms with Gasteiger partial charge in [0.05, 0.1) is 20.3 Å². The highest BCUT2D eigenvalue weighted by Crippen LogP contribution is 2.28. The van der Waals surface area contributed by atoms with Crippen LogP contribution >= 0.6 is 11.6 Å². The fourth-order valence-electron chi connectivity index (χ4n) is 1.94. The minimum atomic E-state index is -0.535. The molecule has 24 heavy (non-hydrogen) atoms. The molecule has 0 radical (unpaired) electrons. The van der Waals surface area contributed by atoms with Gasteiger partial charge in [-0.3, -0.25) is 4.79 Å². The molecular formula is C18H23ClO5. The smallest absolute Gasteiger partial charge is 0.333 e. The van der Waals surface area contributed by atoms with E-state index in [1.165, 1.54) is 7.11 Å². The molecule has 0 bridgehead atoms. The van der Waals surface area contributed by atoms with Crippen molar-refractivity contribution in [3.05, 3.63) is 35.9 Å². The molecule has 132 valence electrons. The standard InChI is InChI=1S/C18H23ClO5/c1-13(2)18(21)24-11-7-5-4-6-10-23-15-9-8-14(17(19)20)12-16(15)22-3/h8-9,12H,1,4-7,10-11H2,2-3H3. The van der Waals surface area contributed by atoms with Crippen LogP contribution in [0.4, 0.5) is 0 Å². The molecule has 0 aromatic heterocycles. The molecule has 0 heterocycles. The van der Waals surface area contributed by atoms with Crippen LogP contribution in [0.3, 0.4) is 0 Å². The Morgan fingerprint density at radius 1 is 1.08 bits per heavy atom. The highest BCUT2D eigenvalue weighted by Gasteiger charge is 2.09. The maximum Gasteiger partial charge on any atom is 0.333 e. The molecule has 6 heteroatoms. The summed E-state index contributed by atoms with van der Waals surface area (Å²) in [7, 11) is 1.51. The summed E-state index contributed by atoms with van der Waals surface area (Å²) in [5, 5.41) is -0.535. The summed E-state index contributed by atoms with van der Waals surface area (Å²) in [4.78, 5) is 22.3. The lowest BCUT2D eigenvalue weighted by atomic mass is 10.2. The van der Waals surface area contributed by atoms with E-state index < -0.39 is 5.24 Å². The molecule has 0 saturated carbocycles. The van der Waals surface area contributed by atoms with E-state index in [0.29, 0.717) is 35.8 Å². The first-order valence-corrected chi connectivity index (χ1v) is 8.16. The van der Waals surface area contributed by atoms with Gasteiger partial charge in [-0.15, -0.1) is 0 Å². The molecule has 0 amide bonds. The third kappa shape index (κ3) is 7.04. The maximum atomic E-state index is 11.2. The van der Waals surface area contributed by atoms with Gasteiger partial charge in [0.15, 0.2) is 11.5 Å². The van der Waals surface area contributed by atoms with Gasteiger partial charge in [0, 0.05) is 11.1 Å². The molecule has 0 spiro atoms. The average Bonchev–Trinajstić information content (AvgIpc) is 2.56. The van der Waals surface area contributed by atoms with E-state index in [2.05, 4.69) is 6.58 Å². The fourth-order valence-corrected chi connectivity index (χ4v) is 2.05. The van der Waals surface area contributed by atoms with Crippen LogP contribution < -0.4 is 9.47 Å². The first-order chi connectivity index (χ1) is 11.5. The van der Waals surface area contributed by atoms with Crippen molar-refractivity contribution in [2.75, 3.05) is 20.3 Å². The average molecular weight is 355 g/mol. The van der Waals surface area contributed by atoms with E-state index in [4.69, 9.17) is 25.8 Å². The van der Waals surface area contributed by atoms with Crippen molar-refractivity contribution < 1.29 is 23.8 Å². The largest absolute Gasteiger partial charge is 0.493 e. The lowest BCUT2D eigenvalue weighted by Gasteiger charge is -2.11. The second-order valence-corrected chi connectivity index (χ2v) is 5.66. The molecule has 0 fully saturated rings. The summed E-state index contributed by atoms with van der Waals surface area (Å²) >= 11 is 5.44. The van der Waals surface area contributed by atoms with Gasteiger partial charge in [-0.2, -0.15) is 0 Å². The van der Waals surface area contributed by atoms with Gasteiger partial charge in [0.25, 0.3) is 5.24 Å². The van der Waals surface area contributed by atoms with E-state index in [0.717, 1.165) is 25.7 Å². The van der Waals surface area contributed by atoms with E-state index >= 15 is 0 Å². The van der Waals surface area contributed by atoms with Crippen molar-refractivity contribution in [1.29, 1.82) is 0 Å². The van der Waals surface area contributed by atoms with E-state index in [1.54, 1.807) is 25.1 Å². The van der Waals surface area contributed by atoms with Crippen LogP contribution in [0.1, 0.15) is 43.0 Å². The SMILES string of the molecule is C=C(C)C(=O)OCCCCCCOc1ccc(C(=O)Cl)cc1OC. The molecule has 1 rings (SSSR count). The van der Waals surface area contributed by atoms with Gasteiger partial charge < -0.3 is 14.2 Å². The minimum Gasteiger partial charge on any atom is -0.493 e. The molecule has 0 aliphatic heterocycles. The summed E-state index contributed by atoms with van der Waals surface area (Å²) in [6.07, 6.45) is 3.59.